The largest absolute Gasteiger partial charge is 0.478 e. The quantitative estimate of drug-likeness (QED) is 0.670. The highest BCUT2D eigenvalue weighted by atomic mass is 16.6. The fourth-order valence-corrected chi connectivity index (χ4v) is 2.32. The molecule has 1 aromatic carbocycles. The third kappa shape index (κ3) is 2.83. The van der Waals surface area contributed by atoms with Crippen LogP contribution >= 0.6 is 0 Å². The van der Waals surface area contributed by atoms with Gasteiger partial charge in [-0.3, -0.25) is 10.1 Å². The monoisotopic (exact) mass is 264 g/mol. The lowest BCUT2D eigenvalue weighted by molar-refractivity contribution is -0.384. The van der Waals surface area contributed by atoms with Crippen LogP contribution < -0.4 is 4.90 Å². The molecule has 0 spiro atoms. The van der Waals surface area contributed by atoms with Gasteiger partial charge in [0.2, 0.25) is 0 Å². The predicted molar refractivity (Wildman–Crippen MR) is 70.7 cm³/mol. The number of piperidine rings is 1. The molecular weight excluding hydrogens is 248 g/mol. The standard InChI is InChI=1S/C13H16N2O4/c1-9-4-6-14(7-5-9)11-3-2-10(13(16)17)8-12(11)15(18)19/h2-3,8-9H,4-7H2,1H3,(H,16,17). The second-order valence-corrected chi connectivity index (χ2v) is 4.94. The molecular formula is C13H16N2O4. The minimum atomic E-state index is -1.15. The first-order valence-corrected chi connectivity index (χ1v) is 6.25. The molecule has 1 aliphatic rings. The number of nitro benzene ring substituents is 1. The Morgan fingerprint density at radius 2 is 2.05 bits per heavy atom. The maximum Gasteiger partial charge on any atom is 0.335 e. The van der Waals surface area contributed by atoms with Gasteiger partial charge in [0, 0.05) is 19.2 Å². The predicted octanol–water partition coefficient (Wildman–Crippen LogP) is 2.53. The van der Waals surface area contributed by atoms with Crippen LogP contribution in [-0.4, -0.2) is 29.1 Å². The highest BCUT2D eigenvalue weighted by molar-refractivity contribution is 5.89. The number of anilines is 1. The summed E-state index contributed by atoms with van der Waals surface area (Å²) in [6.45, 7) is 3.71. The third-order valence-corrected chi connectivity index (χ3v) is 3.54. The Morgan fingerprint density at radius 3 is 2.58 bits per heavy atom. The molecule has 0 radical (unpaired) electrons. The van der Waals surface area contributed by atoms with E-state index in [0.717, 1.165) is 32.0 Å². The Labute approximate surface area is 110 Å². The van der Waals surface area contributed by atoms with Crippen molar-refractivity contribution < 1.29 is 14.8 Å². The summed E-state index contributed by atoms with van der Waals surface area (Å²) >= 11 is 0. The van der Waals surface area contributed by atoms with E-state index in [1.807, 2.05) is 4.90 Å². The lowest BCUT2D eigenvalue weighted by atomic mass is 9.98. The van der Waals surface area contributed by atoms with Crippen LogP contribution in [0.5, 0.6) is 0 Å². The van der Waals surface area contributed by atoms with Crippen molar-refractivity contribution in [3.8, 4) is 0 Å². The maximum atomic E-state index is 11.1. The van der Waals surface area contributed by atoms with E-state index < -0.39 is 10.9 Å². The minimum Gasteiger partial charge on any atom is -0.478 e. The van der Waals surface area contributed by atoms with E-state index in [-0.39, 0.29) is 11.3 Å². The first kappa shape index (κ1) is 13.3. The van der Waals surface area contributed by atoms with Gasteiger partial charge < -0.3 is 10.0 Å². The summed E-state index contributed by atoms with van der Waals surface area (Å²) in [5.74, 6) is -0.518. The molecule has 1 heterocycles. The Bertz CT molecular complexity index is 507. The molecule has 1 saturated heterocycles. The number of hydrogen-bond acceptors (Lipinski definition) is 4. The van der Waals surface area contributed by atoms with Crippen LogP contribution in [0.3, 0.4) is 0 Å². The highest BCUT2D eigenvalue weighted by Gasteiger charge is 2.24. The van der Waals surface area contributed by atoms with E-state index in [4.69, 9.17) is 5.11 Å². The maximum absolute atomic E-state index is 11.1. The zero-order valence-electron chi connectivity index (χ0n) is 10.7. The molecule has 6 heteroatoms. The van der Waals surface area contributed by atoms with Crippen molar-refractivity contribution in [3.05, 3.63) is 33.9 Å². The van der Waals surface area contributed by atoms with Crippen LogP contribution in [0.4, 0.5) is 11.4 Å². The number of hydrogen-bond donors (Lipinski definition) is 1. The molecule has 0 saturated carbocycles. The average molecular weight is 264 g/mol. The van der Waals surface area contributed by atoms with Gasteiger partial charge in [0.25, 0.3) is 5.69 Å². The van der Waals surface area contributed by atoms with Crippen LogP contribution in [0.2, 0.25) is 0 Å². The molecule has 0 bridgehead atoms. The fourth-order valence-electron chi connectivity index (χ4n) is 2.32. The Morgan fingerprint density at radius 1 is 1.42 bits per heavy atom. The average Bonchev–Trinajstić information content (AvgIpc) is 2.38. The number of benzene rings is 1. The number of rotatable bonds is 3. The lowest BCUT2D eigenvalue weighted by Crippen LogP contribution is -2.33. The van der Waals surface area contributed by atoms with Crippen molar-refractivity contribution in [2.24, 2.45) is 5.92 Å². The van der Waals surface area contributed by atoms with Gasteiger partial charge in [-0.15, -0.1) is 0 Å². The fraction of sp³-hybridized carbons (Fsp3) is 0.462. The van der Waals surface area contributed by atoms with Crippen LogP contribution in [0.25, 0.3) is 0 Å². The van der Waals surface area contributed by atoms with Gasteiger partial charge in [-0.05, 0) is 30.9 Å². The molecule has 19 heavy (non-hydrogen) atoms. The van der Waals surface area contributed by atoms with E-state index in [0.29, 0.717) is 11.6 Å². The molecule has 1 N–H and O–H groups in total. The first-order chi connectivity index (χ1) is 8.99. The van der Waals surface area contributed by atoms with E-state index in [1.54, 1.807) is 0 Å². The number of carbonyl (C=O) groups is 1. The van der Waals surface area contributed by atoms with Crippen molar-refractivity contribution in [2.75, 3.05) is 18.0 Å². The Kier molecular flexibility index (Phi) is 3.69. The SMILES string of the molecule is CC1CCN(c2ccc(C(=O)O)cc2[N+](=O)[O-])CC1. The van der Waals surface area contributed by atoms with Gasteiger partial charge in [-0.2, -0.15) is 0 Å². The smallest absolute Gasteiger partial charge is 0.335 e. The molecule has 0 aliphatic carbocycles. The zero-order valence-corrected chi connectivity index (χ0v) is 10.7. The molecule has 0 aromatic heterocycles. The summed E-state index contributed by atoms with van der Waals surface area (Å²) in [7, 11) is 0. The summed E-state index contributed by atoms with van der Waals surface area (Å²) in [4.78, 5) is 23.4. The lowest BCUT2D eigenvalue weighted by Gasteiger charge is -2.31. The zero-order chi connectivity index (χ0) is 14.0. The molecule has 0 amide bonds. The number of aromatic carboxylic acids is 1. The summed E-state index contributed by atoms with van der Waals surface area (Å²) in [6, 6.07) is 4.09. The van der Waals surface area contributed by atoms with Crippen molar-refractivity contribution in [1.82, 2.24) is 0 Å². The summed E-state index contributed by atoms with van der Waals surface area (Å²) in [5.41, 5.74) is 0.331. The normalized spacial score (nSPS) is 16.4. The van der Waals surface area contributed by atoms with Gasteiger partial charge in [-0.25, -0.2) is 4.79 Å². The van der Waals surface area contributed by atoms with Gasteiger partial charge in [0.05, 0.1) is 10.5 Å². The van der Waals surface area contributed by atoms with Gasteiger partial charge in [0.1, 0.15) is 5.69 Å². The summed E-state index contributed by atoms with van der Waals surface area (Å²) in [6.07, 6.45) is 2.00. The van der Waals surface area contributed by atoms with E-state index in [9.17, 15) is 14.9 Å². The van der Waals surface area contributed by atoms with Crippen LogP contribution in [0.1, 0.15) is 30.1 Å². The van der Waals surface area contributed by atoms with Crippen molar-refractivity contribution >= 4 is 17.3 Å². The molecule has 1 aromatic rings. The Hall–Kier alpha value is -2.11. The van der Waals surface area contributed by atoms with Gasteiger partial charge >= 0.3 is 5.97 Å². The number of nitro groups is 1. The minimum absolute atomic E-state index is 0.0548. The van der Waals surface area contributed by atoms with E-state index in [2.05, 4.69) is 6.92 Å². The molecule has 102 valence electrons. The number of carboxylic acid groups (broad SMARTS) is 1. The van der Waals surface area contributed by atoms with Crippen LogP contribution in [0.15, 0.2) is 18.2 Å². The second kappa shape index (κ2) is 5.26. The molecule has 1 aliphatic heterocycles. The third-order valence-electron chi connectivity index (χ3n) is 3.54. The number of nitrogens with zero attached hydrogens (tertiary/aromatic N) is 2. The van der Waals surface area contributed by atoms with Crippen LogP contribution in [-0.2, 0) is 0 Å². The van der Waals surface area contributed by atoms with Crippen LogP contribution in [0, 0.1) is 16.0 Å². The molecule has 0 atom stereocenters. The van der Waals surface area contributed by atoms with Crippen molar-refractivity contribution in [1.29, 1.82) is 0 Å². The molecule has 1 fully saturated rings. The summed E-state index contributed by atoms with van der Waals surface area (Å²) in [5, 5.41) is 20.0. The van der Waals surface area contributed by atoms with Crippen molar-refractivity contribution in [3.63, 3.8) is 0 Å². The van der Waals surface area contributed by atoms with E-state index >= 15 is 0 Å². The first-order valence-electron chi connectivity index (χ1n) is 6.25. The second-order valence-electron chi connectivity index (χ2n) is 4.94. The molecule has 0 unspecified atom stereocenters. The van der Waals surface area contributed by atoms with Gasteiger partial charge in [-0.1, -0.05) is 6.92 Å². The summed E-state index contributed by atoms with van der Waals surface area (Å²) < 4.78 is 0. The number of carboxylic acids is 1. The molecule has 2 rings (SSSR count). The van der Waals surface area contributed by atoms with Crippen molar-refractivity contribution in [2.45, 2.75) is 19.8 Å². The topological polar surface area (TPSA) is 83.7 Å². The Balaban J connectivity index is 2.34. The highest BCUT2D eigenvalue weighted by Crippen LogP contribution is 2.32. The molecule has 6 nitrogen and oxygen atoms in total. The van der Waals surface area contributed by atoms with E-state index in [1.165, 1.54) is 12.1 Å². The van der Waals surface area contributed by atoms with Gasteiger partial charge in [0.15, 0.2) is 0 Å².